The van der Waals surface area contributed by atoms with Crippen LogP contribution in [0.4, 0.5) is 0 Å². The molecule has 90 valence electrons. The highest BCUT2D eigenvalue weighted by Gasteiger charge is 2.06. The summed E-state index contributed by atoms with van der Waals surface area (Å²) < 4.78 is 2.23. The number of rotatable bonds is 7. The largest absolute Gasteiger partial charge is 0.352 e. The maximum absolute atomic E-state index is 11.6. The lowest BCUT2D eigenvalue weighted by Crippen LogP contribution is -2.23. The molecule has 0 bridgehead atoms. The molecule has 0 radical (unpaired) electrons. The molecule has 0 aliphatic carbocycles. The van der Waals surface area contributed by atoms with Crippen molar-refractivity contribution in [1.29, 1.82) is 0 Å². The number of hydrogen-bond donors (Lipinski definition) is 1. The third-order valence-electron chi connectivity index (χ3n) is 2.18. The molecule has 0 aliphatic heterocycles. The average molecular weight is 416 g/mol. The molecular weight excluding hydrogens is 401 g/mol. The number of carbonyl (C=O) groups excluding carboxylic acids is 1. The highest BCUT2D eigenvalue weighted by Crippen LogP contribution is 2.20. The third-order valence-corrected chi connectivity index (χ3v) is 4.44. The number of nitrogens with one attached hydrogen (secondary N) is 1. The summed E-state index contributed by atoms with van der Waals surface area (Å²) in [7, 11) is 0. The van der Waals surface area contributed by atoms with Gasteiger partial charge in [0.2, 0.25) is 0 Å². The van der Waals surface area contributed by atoms with Gasteiger partial charge in [0, 0.05) is 11.9 Å². The quantitative estimate of drug-likeness (QED) is 0.403. The summed E-state index contributed by atoms with van der Waals surface area (Å²) in [5, 5.41) is 4.80. The third kappa shape index (κ3) is 5.63. The van der Waals surface area contributed by atoms with Crippen LogP contribution in [0.25, 0.3) is 0 Å². The van der Waals surface area contributed by atoms with E-state index in [-0.39, 0.29) is 5.91 Å². The molecule has 1 aromatic rings. The predicted octanol–water partition coefficient (Wildman–Crippen LogP) is 4.24. The minimum absolute atomic E-state index is 0.0378. The van der Waals surface area contributed by atoms with Crippen LogP contribution in [0.5, 0.6) is 0 Å². The molecule has 0 saturated carbocycles. The van der Waals surface area contributed by atoms with Crippen molar-refractivity contribution in [3.63, 3.8) is 0 Å². The first-order valence-electron chi connectivity index (χ1n) is 5.32. The highest BCUT2D eigenvalue weighted by atomic mass is 127. The molecule has 0 unspecified atom stereocenters. The molecule has 16 heavy (non-hydrogen) atoms. The van der Waals surface area contributed by atoms with E-state index < -0.39 is 0 Å². The number of amides is 1. The lowest BCUT2D eigenvalue weighted by atomic mass is 10.2. The first kappa shape index (κ1) is 14.4. The summed E-state index contributed by atoms with van der Waals surface area (Å²) in [5.74, 6) is 0.0378. The maximum Gasteiger partial charge on any atom is 0.252 e. The molecule has 5 heteroatoms. The van der Waals surface area contributed by atoms with Gasteiger partial charge in [0.1, 0.15) is 0 Å². The fourth-order valence-corrected chi connectivity index (χ4v) is 2.98. The molecule has 0 aromatic carbocycles. The summed E-state index contributed by atoms with van der Waals surface area (Å²) in [4.78, 5) is 11.6. The van der Waals surface area contributed by atoms with Gasteiger partial charge in [0.05, 0.1) is 9.35 Å². The van der Waals surface area contributed by atoms with Crippen molar-refractivity contribution in [1.82, 2.24) is 5.32 Å². The summed E-state index contributed by atoms with van der Waals surface area (Å²) in [6.07, 6.45) is 4.83. The number of halogens is 2. The van der Waals surface area contributed by atoms with Crippen molar-refractivity contribution in [2.45, 2.75) is 25.7 Å². The van der Waals surface area contributed by atoms with E-state index in [1.165, 1.54) is 35.0 Å². The first-order valence-corrected chi connectivity index (χ1v) is 8.52. The van der Waals surface area contributed by atoms with E-state index in [1.807, 2.05) is 11.4 Å². The Bertz CT molecular complexity index is 330. The molecule has 0 saturated heterocycles. The Kier molecular flexibility index (Phi) is 7.64. The average Bonchev–Trinajstić information content (AvgIpc) is 2.70. The van der Waals surface area contributed by atoms with Crippen LogP contribution in [-0.4, -0.2) is 16.9 Å². The zero-order valence-electron chi connectivity index (χ0n) is 8.97. The van der Waals surface area contributed by atoms with Gasteiger partial charge in [-0.2, -0.15) is 0 Å². The molecule has 1 rings (SSSR count). The minimum Gasteiger partial charge on any atom is -0.352 e. The molecule has 0 spiro atoms. The molecule has 1 heterocycles. The topological polar surface area (TPSA) is 29.1 Å². The Morgan fingerprint density at radius 3 is 2.75 bits per heavy atom. The molecule has 0 atom stereocenters. The summed E-state index contributed by atoms with van der Waals surface area (Å²) in [6, 6.07) is 1.86. The SMILES string of the molecule is O=C(NCCCCCCI)c1csc(Br)c1. The Morgan fingerprint density at radius 2 is 2.12 bits per heavy atom. The molecule has 1 amide bonds. The normalized spacial score (nSPS) is 10.4. The maximum atomic E-state index is 11.6. The van der Waals surface area contributed by atoms with Gasteiger partial charge in [-0.3, -0.25) is 4.79 Å². The van der Waals surface area contributed by atoms with Crippen LogP contribution >= 0.6 is 49.9 Å². The number of alkyl halides is 1. The van der Waals surface area contributed by atoms with Crippen LogP contribution < -0.4 is 5.32 Å². The van der Waals surface area contributed by atoms with Gasteiger partial charge in [-0.05, 0) is 39.3 Å². The van der Waals surface area contributed by atoms with Crippen molar-refractivity contribution >= 4 is 55.8 Å². The Hall–Kier alpha value is 0.380. The monoisotopic (exact) mass is 415 g/mol. The van der Waals surface area contributed by atoms with E-state index in [9.17, 15) is 4.79 Å². The summed E-state index contributed by atoms with van der Waals surface area (Å²) in [6.45, 7) is 0.785. The fraction of sp³-hybridized carbons (Fsp3) is 0.545. The van der Waals surface area contributed by atoms with Crippen LogP contribution in [0, 0.1) is 0 Å². The second-order valence-corrected chi connectivity index (χ2v) is 6.87. The van der Waals surface area contributed by atoms with Crippen LogP contribution in [0.1, 0.15) is 36.0 Å². The van der Waals surface area contributed by atoms with Crippen molar-refractivity contribution in [2.24, 2.45) is 0 Å². The molecular formula is C11H15BrINOS. The van der Waals surface area contributed by atoms with Gasteiger partial charge in [-0.25, -0.2) is 0 Å². The summed E-state index contributed by atoms with van der Waals surface area (Å²) in [5.41, 5.74) is 0.754. The second kappa shape index (κ2) is 8.47. The van der Waals surface area contributed by atoms with Crippen molar-refractivity contribution < 1.29 is 4.79 Å². The van der Waals surface area contributed by atoms with E-state index in [0.29, 0.717) is 0 Å². The second-order valence-electron chi connectivity index (χ2n) is 3.50. The van der Waals surface area contributed by atoms with Crippen LogP contribution in [0.2, 0.25) is 0 Å². The molecule has 0 aliphatic rings. The van der Waals surface area contributed by atoms with E-state index >= 15 is 0 Å². The van der Waals surface area contributed by atoms with Crippen molar-refractivity contribution in [3.05, 3.63) is 20.8 Å². The van der Waals surface area contributed by atoms with Crippen LogP contribution in [0.3, 0.4) is 0 Å². The van der Waals surface area contributed by atoms with Crippen molar-refractivity contribution in [3.8, 4) is 0 Å². The van der Waals surface area contributed by atoms with Crippen LogP contribution in [-0.2, 0) is 0 Å². The molecule has 2 nitrogen and oxygen atoms in total. The van der Waals surface area contributed by atoms with Gasteiger partial charge in [-0.1, -0.05) is 35.4 Å². The predicted molar refractivity (Wildman–Crippen MR) is 81.7 cm³/mol. The zero-order valence-corrected chi connectivity index (χ0v) is 13.5. The van der Waals surface area contributed by atoms with Crippen LogP contribution in [0.15, 0.2) is 15.2 Å². The molecule has 1 N–H and O–H groups in total. The molecule has 0 fully saturated rings. The van der Waals surface area contributed by atoms with Crippen molar-refractivity contribution in [2.75, 3.05) is 11.0 Å². The fourth-order valence-electron chi connectivity index (χ4n) is 1.31. The van der Waals surface area contributed by atoms with Gasteiger partial charge in [0.25, 0.3) is 5.91 Å². The lowest BCUT2D eigenvalue weighted by molar-refractivity contribution is 0.0953. The van der Waals surface area contributed by atoms with Gasteiger partial charge >= 0.3 is 0 Å². The summed E-state index contributed by atoms with van der Waals surface area (Å²) >= 11 is 7.28. The minimum atomic E-state index is 0.0378. The van der Waals surface area contributed by atoms with E-state index in [2.05, 4.69) is 43.8 Å². The number of unbranched alkanes of at least 4 members (excludes halogenated alkanes) is 3. The van der Waals surface area contributed by atoms with Gasteiger partial charge in [-0.15, -0.1) is 11.3 Å². The standard InChI is InChI=1S/C11H15BrINOS/c12-10-7-9(8-16-10)11(15)14-6-4-2-1-3-5-13/h7-8H,1-6H2,(H,14,15). The van der Waals surface area contributed by atoms with Gasteiger partial charge < -0.3 is 5.32 Å². The first-order chi connectivity index (χ1) is 7.74. The van der Waals surface area contributed by atoms with Gasteiger partial charge in [0.15, 0.2) is 0 Å². The van der Waals surface area contributed by atoms with E-state index in [0.717, 1.165) is 22.3 Å². The number of carbonyl (C=O) groups is 1. The number of hydrogen-bond acceptors (Lipinski definition) is 2. The Balaban J connectivity index is 2.11. The Morgan fingerprint density at radius 1 is 1.38 bits per heavy atom. The number of thiophene rings is 1. The highest BCUT2D eigenvalue weighted by molar-refractivity contribution is 14.1. The zero-order chi connectivity index (χ0) is 11.8. The smallest absolute Gasteiger partial charge is 0.252 e. The Labute approximate surface area is 122 Å². The van der Waals surface area contributed by atoms with E-state index in [1.54, 1.807) is 0 Å². The molecule has 1 aromatic heterocycles. The lowest BCUT2D eigenvalue weighted by Gasteiger charge is -2.03. The van der Waals surface area contributed by atoms with E-state index in [4.69, 9.17) is 0 Å².